The SMILES string of the molecule is Cc1cc(NC(=O)c2ccc(Cl)c(S(=O)(=O)N3CCCCCC3)c2)n(CCC#N)n1. The molecule has 2 aromatic rings. The zero-order valence-corrected chi connectivity index (χ0v) is 18.3. The van der Waals surface area contributed by atoms with E-state index >= 15 is 0 Å². The van der Waals surface area contributed by atoms with E-state index in [-0.39, 0.29) is 21.9 Å². The number of halogens is 1. The predicted molar refractivity (Wildman–Crippen MR) is 114 cm³/mol. The number of nitrogens with one attached hydrogen (secondary N) is 1. The number of carbonyl (C=O) groups excluding carboxylic acids is 1. The van der Waals surface area contributed by atoms with Crippen LogP contribution in [0.3, 0.4) is 0 Å². The molecule has 8 nitrogen and oxygen atoms in total. The molecular weight excluding hydrogens is 426 g/mol. The molecule has 0 atom stereocenters. The molecule has 1 aromatic heterocycles. The molecule has 1 fully saturated rings. The lowest BCUT2D eigenvalue weighted by molar-refractivity contribution is 0.102. The Morgan fingerprint density at radius 2 is 1.93 bits per heavy atom. The van der Waals surface area contributed by atoms with Crippen LogP contribution in [0.5, 0.6) is 0 Å². The third kappa shape index (κ3) is 5.01. The van der Waals surface area contributed by atoms with Gasteiger partial charge >= 0.3 is 0 Å². The zero-order chi connectivity index (χ0) is 21.7. The van der Waals surface area contributed by atoms with Crippen LogP contribution in [0.2, 0.25) is 5.02 Å². The first-order valence-corrected chi connectivity index (χ1v) is 11.7. The van der Waals surface area contributed by atoms with E-state index in [2.05, 4.69) is 10.4 Å². The number of carbonyl (C=O) groups is 1. The molecule has 0 aliphatic carbocycles. The van der Waals surface area contributed by atoms with Gasteiger partial charge in [-0.1, -0.05) is 24.4 Å². The third-order valence-electron chi connectivity index (χ3n) is 4.96. The van der Waals surface area contributed by atoms with Crippen LogP contribution in [-0.2, 0) is 16.6 Å². The summed E-state index contributed by atoms with van der Waals surface area (Å²) in [7, 11) is -3.79. The third-order valence-corrected chi connectivity index (χ3v) is 7.34. The first kappa shape index (κ1) is 22.3. The van der Waals surface area contributed by atoms with Crippen molar-refractivity contribution >= 4 is 33.3 Å². The highest BCUT2D eigenvalue weighted by molar-refractivity contribution is 7.89. The highest BCUT2D eigenvalue weighted by Gasteiger charge is 2.28. The minimum absolute atomic E-state index is 0.0621. The average Bonchev–Trinajstić information content (AvgIpc) is 2.90. The minimum atomic E-state index is -3.79. The lowest BCUT2D eigenvalue weighted by Gasteiger charge is -2.21. The van der Waals surface area contributed by atoms with Gasteiger partial charge in [-0.25, -0.2) is 13.1 Å². The molecular formula is C20H24ClN5O3S. The quantitative estimate of drug-likeness (QED) is 0.725. The molecule has 0 unspecified atom stereocenters. The number of hydrogen-bond acceptors (Lipinski definition) is 5. The second-order valence-corrected chi connectivity index (χ2v) is 9.53. The number of nitrogens with zero attached hydrogens (tertiary/aromatic N) is 4. The summed E-state index contributed by atoms with van der Waals surface area (Å²) in [6.45, 7) is 3.03. The number of benzene rings is 1. The molecule has 1 aliphatic rings. The molecule has 0 bridgehead atoms. The molecule has 160 valence electrons. The van der Waals surface area contributed by atoms with Crippen LogP contribution in [0.25, 0.3) is 0 Å². The largest absolute Gasteiger partial charge is 0.307 e. The van der Waals surface area contributed by atoms with Gasteiger partial charge in [-0.3, -0.25) is 4.79 Å². The van der Waals surface area contributed by atoms with Gasteiger partial charge in [0.15, 0.2) is 0 Å². The summed E-state index contributed by atoms with van der Waals surface area (Å²) >= 11 is 6.21. The van der Waals surface area contributed by atoms with Crippen molar-refractivity contribution in [2.45, 2.75) is 50.5 Å². The number of hydrogen-bond donors (Lipinski definition) is 1. The monoisotopic (exact) mass is 449 g/mol. The van der Waals surface area contributed by atoms with Gasteiger partial charge < -0.3 is 5.32 Å². The van der Waals surface area contributed by atoms with Crippen molar-refractivity contribution in [3.8, 4) is 6.07 Å². The number of rotatable bonds is 6. The summed E-state index contributed by atoms with van der Waals surface area (Å²) in [5, 5.41) is 15.9. The van der Waals surface area contributed by atoms with Crippen LogP contribution in [0.15, 0.2) is 29.2 Å². The summed E-state index contributed by atoms with van der Waals surface area (Å²) in [5.74, 6) is -0.0308. The Morgan fingerprint density at radius 1 is 1.23 bits per heavy atom. The van der Waals surface area contributed by atoms with Crippen molar-refractivity contribution in [1.82, 2.24) is 14.1 Å². The fourth-order valence-corrected chi connectivity index (χ4v) is 5.44. The normalized spacial score (nSPS) is 15.4. The number of anilines is 1. The smallest absolute Gasteiger partial charge is 0.256 e. The Bertz CT molecular complexity index is 1070. The van der Waals surface area contributed by atoms with Crippen LogP contribution >= 0.6 is 11.6 Å². The maximum Gasteiger partial charge on any atom is 0.256 e. The highest BCUT2D eigenvalue weighted by Crippen LogP contribution is 2.28. The van der Waals surface area contributed by atoms with E-state index < -0.39 is 15.9 Å². The molecule has 0 radical (unpaired) electrons. The van der Waals surface area contributed by atoms with Gasteiger partial charge in [0.05, 0.1) is 29.8 Å². The van der Waals surface area contributed by atoms with Gasteiger partial charge in [0.25, 0.3) is 5.91 Å². The fourth-order valence-electron chi connectivity index (χ4n) is 3.42. The maximum absolute atomic E-state index is 13.1. The summed E-state index contributed by atoms with van der Waals surface area (Å²) < 4.78 is 29.3. The fraction of sp³-hybridized carbons (Fsp3) is 0.450. The minimum Gasteiger partial charge on any atom is -0.307 e. The summed E-state index contributed by atoms with van der Waals surface area (Å²) in [4.78, 5) is 12.7. The van der Waals surface area contributed by atoms with E-state index in [0.29, 0.717) is 31.1 Å². The molecule has 0 saturated carbocycles. The van der Waals surface area contributed by atoms with Crippen molar-refractivity contribution in [2.24, 2.45) is 0 Å². The van der Waals surface area contributed by atoms with E-state index in [1.165, 1.54) is 22.5 Å². The molecule has 1 amide bonds. The van der Waals surface area contributed by atoms with Crippen LogP contribution < -0.4 is 5.32 Å². The predicted octanol–water partition coefficient (Wildman–Crippen LogP) is 3.58. The van der Waals surface area contributed by atoms with Crippen LogP contribution in [0.4, 0.5) is 5.82 Å². The van der Waals surface area contributed by atoms with E-state index in [0.717, 1.165) is 25.7 Å². The van der Waals surface area contributed by atoms with Crippen molar-refractivity contribution in [2.75, 3.05) is 18.4 Å². The first-order valence-electron chi connectivity index (χ1n) is 9.85. The van der Waals surface area contributed by atoms with Crippen molar-refractivity contribution in [3.05, 3.63) is 40.5 Å². The van der Waals surface area contributed by atoms with E-state index in [1.807, 2.05) is 6.07 Å². The summed E-state index contributed by atoms with van der Waals surface area (Å²) in [6.07, 6.45) is 3.87. The maximum atomic E-state index is 13.1. The Hall–Kier alpha value is -2.41. The van der Waals surface area contributed by atoms with Gasteiger partial charge in [-0.15, -0.1) is 0 Å². The zero-order valence-electron chi connectivity index (χ0n) is 16.8. The van der Waals surface area contributed by atoms with Crippen LogP contribution in [0, 0.1) is 18.3 Å². The van der Waals surface area contributed by atoms with Gasteiger partial charge in [0.2, 0.25) is 10.0 Å². The molecule has 1 saturated heterocycles. The van der Waals surface area contributed by atoms with Crippen molar-refractivity contribution in [1.29, 1.82) is 5.26 Å². The second-order valence-electron chi connectivity index (χ2n) is 7.22. The summed E-state index contributed by atoms with van der Waals surface area (Å²) in [6, 6.07) is 7.98. The standard InChI is InChI=1S/C20H24ClN5O3S/c1-15-13-19(26(24-15)12-6-9-22)23-20(27)16-7-8-17(21)18(14-16)30(28,29)25-10-4-2-3-5-11-25/h7-8,13-14H,2-6,10-12H2,1H3,(H,23,27). The lowest BCUT2D eigenvalue weighted by atomic mass is 10.2. The highest BCUT2D eigenvalue weighted by atomic mass is 35.5. The Kier molecular flexibility index (Phi) is 7.13. The van der Waals surface area contributed by atoms with Gasteiger partial charge in [-0.2, -0.15) is 14.7 Å². The molecule has 0 spiro atoms. The Morgan fingerprint density at radius 3 is 2.60 bits per heavy atom. The number of aryl methyl sites for hydroxylation is 2. The van der Waals surface area contributed by atoms with Crippen molar-refractivity contribution in [3.63, 3.8) is 0 Å². The van der Waals surface area contributed by atoms with Crippen molar-refractivity contribution < 1.29 is 13.2 Å². The van der Waals surface area contributed by atoms with Gasteiger partial charge in [0, 0.05) is 24.7 Å². The second kappa shape index (κ2) is 9.60. The number of nitriles is 1. The number of aromatic nitrogens is 2. The topological polar surface area (TPSA) is 108 Å². The summed E-state index contributed by atoms with van der Waals surface area (Å²) in [5.41, 5.74) is 0.877. The molecule has 10 heteroatoms. The van der Waals surface area contributed by atoms with Gasteiger partial charge in [0.1, 0.15) is 10.7 Å². The van der Waals surface area contributed by atoms with E-state index in [4.69, 9.17) is 16.9 Å². The Balaban J connectivity index is 1.86. The number of sulfonamides is 1. The lowest BCUT2D eigenvalue weighted by Crippen LogP contribution is -2.32. The van der Waals surface area contributed by atoms with E-state index in [9.17, 15) is 13.2 Å². The molecule has 1 N–H and O–H groups in total. The number of amides is 1. The van der Waals surface area contributed by atoms with Crippen LogP contribution in [-0.4, -0.2) is 41.5 Å². The molecule has 1 aromatic carbocycles. The first-order chi connectivity index (χ1) is 14.3. The Labute approximate surface area is 181 Å². The molecule has 2 heterocycles. The van der Waals surface area contributed by atoms with E-state index in [1.54, 1.807) is 17.7 Å². The molecule has 30 heavy (non-hydrogen) atoms. The molecule has 3 rings (SSSR count). The molecule has 1 aliphatic heterocycles. The van der Waals surface area contributed by atoms with Gasteiger partial charge in [-0.05, 0) is 38.0 Å². The average molecular weight is 450 g/mol. The van der Waals surface area contributed by atoms with Crippen LogP contribution in [0.1, 0.15) is 48.2 Å².